The van der Waals surface area contributed by atoms with Gasteiger partial charge in [-0.25, -0.2) is 5.43 Å². The number of rotatable bonds is 7. The maximum Gasteiger partial charge on any atom is 0.250 e. The molecule has 0 saturated heterocycles. The molecular formula is C17H17ClN2OS2. The molecule has 1 N–H and O–H groups in total. The maximum absolute atomic E-state index is 11.7. The van der Waals surface area contributed by atoms with Crippen molar-refractivity contribution < 1.29 is 4.79 Å². The molecule has 0 aliphatic carbocycles. The maximum atomic E-state index is 11.7. The van der Waals surface area contributed by atoms with Crippen LogP contribution in [0.1, 0.15) is 11.1 Å². The van der Waals surface area contributed by atoms with Gasteiger partial charge in [-0.1, -0.05) is 41.9 Å². The number of amides is 1. The summed E-state index contributed by atoms with van der Waals surface area (Å²) in [6.07, 6.45) is 3.67. The number of nitrogens with one attached hydrogen (secondary N) is 1. The molecule has 0 saturated carbocycles. The van der Waals surface area contributed by atoms with Gasteiger partial charge in [0.1, 0.15) is 0 Å². The lowest BCUT2D eigenvalue weighted by Gasteiger charge is -2.03. The standard InChI is InChI=1S/C17H17ClN2OS2/c1-22-15-8-6-13(7-9-15)10-19-20-17(21)12-23-11-14-4-2-3-5-16(14)18/h2-10H,11-12H2,1H3,(H,20,21)/b19-10-. The van der Waals surface area contributed by atoms with E-state index in [1.165, 1.54) is 16.7 Å². The molecule has 0 unspecified atom stereocenters. The van der Waals surface area contributed by atoms with Crippen LogP contribution in [-0.2, 0) is 10.5 Å². The quantitative estimate of drug-likeness (QED) is 0.448. The van der Waals surface area contributed by atoms with E-state index < -0.39 is 0 Å². The normalized spacial score (nSPS) is 10.9. The molecule has 1 amide bonds. The third-order valence-corrected chi connectivity index (χ3v) is 5.06. The molecule has 2 aromatic carbocycles. The molecule has 6 heteroatoms. The lowest BCUT2D eigenvalue weighted by molar-refractivity contribution is -0.118. The molecule has 0 heterocycles. The van der Waals surface area contributed by atoms with Crippen LogP contribution in [0.3, 0.4) is 0 Å². The van der Waals surface area contributed by atoms with Gasteiger partial charge in [-0.3, -0.25) is 4.79 Å². The monoisotopic (exact) mass is 364 g/mol. The van der Waals surface area contributed by atoms with E-state index in [-0.39, 0.29) is 5.91 Å². The third-order valence-electron chi connectivity index (χ3n) is 2.97. The van der Waals surface area contributed by atoms with Crippen LogP contribution in [0, 0.1) is 0 Å². The average Bonchev–Trinajstić information content (AvgIpc) is 2.57. The lowest BCUT2D eigenvalue weighted by atomic mass is 10.2. The summed E-state index contributed by atoms with van der Waals surface area (Å²) in [6, 6.07) is 15.6. The zero-order chi connectivity index (χ0) is 16.5. The highest BCUT2D eigenvalue weighted by atomic mass is 35.5. The Morgan fingerprint density at radius 3 is 2.65 bits per heavy atom. The molecule has 0 radical (unpaired) electrons. The molecule has 0 bridgehead atoms. The minimum atomic E-state index is -0.126. The highest BCUT2D eigenvalue weighted by Crippen LogP contribution is 2.20. The fourth-order valence-corrected chi connectivity index (χ4v) is 3.28. The molecule has 0 atom stereocenters. The zero-order valence-corrected chi connectivity index (χ0v) is 15.0. The van der Waals surface area contributed by atoms with Gasteiger partial charge in [0.2, 0.25) is 5.91 Å². The fraction of sp³-hybridized carbons (Fsp3) is 0.176. The Kier molecular flexibility index (Phi) is 7.52. The van der Waals surface area contributed by atoms with Crippen LogP contribution >= 0.6 is 35.1 Å². The first kappa shape index (κ1) is 17.9. The van der Waals surface area contributed by atoms with E-state index in [4.69, 9.17) is 11.6 Å². The van der Waals surface area contributed by atoms with Gasteiger partial charge in [-0.2, -0.15) is 5.10 Å². The Bertz CT molecular complexity index is 675. The first-order chi connectivity index (χ1) is 11.2. The van der Waals surface area contributed by atoms with Crippen LogP contribution < -0.4 is 5.43 Å². The number of benzene rings is 2. The Morgan fingerprint density at radius 1 is 1.22 bits per heavy atom. The van der Waals surface area contributed by atoms with Gasteiger partial charge >= 0.3 is 0 Å². The SMILES string of the molecule is CSc1ccc(/C=N\NC(=O)CSCc2ccccc2Cl)cc1. The van der Waals surface area contributed by atoms with Crippen molar-refractivity contribution in [3.05, 3.63) is 64.7 Å². The van der Waals surface area contributed by atoms with Gasteiger partial charge in [0.25, 0.3) is 0 Å². The lowest BCUT2D eigenvalue weighted by Crippen LogP contribution is -2.19. The van der Waals surface area contributed by atoms with Crippen molar-refractivity contribution in [1.82, 2.24) is 5.43 Å². The number of carbonyl (C=O) groups excluding carboxylic acids is 1. The van der Waals surface area contributed by atoms with E-state index in [1.54, 1.807) is 18.0 Å². The van der Waals surface area contributed by atoms with Crippen molar-refractivity contribution >= 4 is 47.2 Å². The minimum absolute atomic E-state index is 0.126. The average molecular weight is 365 g/mol. The van der Waals surface area contributed by atoms with Gasteiger partial charge in [0.15, 0.2) is 0 Å². The smallest absolute Gasteiger partial charge is 0.250 e. The molecular weight excluding hydrogens is 348 g/mol. The Balaban J connectivity index is 1.72. The van der Waals surface area contributed by atoms with Gasteiger partial charge in [0, 0.05) is 15.7 Å². The topological polar surface area (TPSA) is 41.5 Å². The largest absolute Gasteiger partial charge is 0.272 e. The molecule has 3 nitrogen and oxygen atoms in total. The molecule has 0 fully saturated rings. The molecule has 2 rings (SSSR count). The first-order valence-electron chi connectivity index (χ1n) is 6.96. The van der Waals surface area contributed by atoms with E-state index in [0.717, 1.165) is 16.1 Å². The molecule has 0 aliphatic heterocycles. The predicted octanol–water partition coefficient (Wildman–Crippen LogP) is 4.45. The molecule has 23 heavy (non-hydrogen) atoms. The van der Waals surface area contributed by atoms with Gasteiger partial charge in [-0.15, -0.1) is 23.5 Å². The van der Waals surface area contributed by atoms with E-state index in [2.05, 4.69) is 10.5 Å². The van der Waals surface area contributed by atoms with Crippen LogP contribution in [0.25, 0.3) is 0 Å². The second kappa shape index (κ2) is 9.65. The van der Waals surface area contributed by atoms with Crippen molar-refractivity contribution in [1.29, 1.82) is 0 Å². The molecule has 120 valence electrons. The second-order valence-electron chi connectivity index (χ2n) is 4.65. The van der Waals surface area contributed by atoms with E-state index in [0.29, 0.717) is 11.5 Å². The summed E-state index contributed by atoms with van der Waals surface area (Å²) in [5.41, 5.74) is 4.51. The van der Waals surface area contributed by atoms with E-state index in [1.807, 2.05) is 54.8 Å². The van der Waals surface area contributed by atoms with E-state index >= 15 is 0 Å². The van der Waals surface area contributed by atoms with Gasteiger partial charge in [0.05, 0.1) is 12.0 Å². The van der Waals surface area contributed by atoms with Crippen molar-refractivity contribution in [3.63, 3.8) is 0 Å². The Morgan fingerprint density at radius 2 is 1.96 bits per heavy atom. The number of nitrogens with zero attached hydrogens (tertiary/aromatic N) is 1. The summed E-state index contributed by atoms with van der Waals surface area (Å²) in [6.45, 7) is 0. The molecule has 2 aromatic rings. The zero-order valence-electron chi connectivity index (χ0n) is 12.7. The molecule has 0 spiro atoms. The minimum Gasteiger partial charge on any atom is -0.272 e. The first-order valence-corrected chi connectivity index (χ1v) is 9.72. The highest BCUT2D eigenvalue weighted by molar-refractivity contribution is 7.99. The summed E-state index contributed by atoms with van der Waals surface area (Å²) >= 11 is 9.27. The summed E-state index contributed by atoms with van der Waals surface area (Å²) < 4.78 is 0. The van der Waals surface area contributed by atoms with Crippen LogP contribution in [0.5, 0.6) is 0 Å². The van der Waals surface area contributed by atoms with Crippen LogP contribution in [0.4, 0.5) is 0 Å². The summed E-state index contributed by atoms with van der Waals surface area (Å²) in [7, 11) is 0. The van der Waals surface area contributed by atoms with Gasteiger partial charge in [-0.05, 0) is 35.6 Å². The van der Waals surface area contributed by atoms with Crippen molar-refractivity contribution in [3.8, 4) is 0 Å². The van der Waals surface area contributed by atoms with Crippen molar-refractivity contribution in [2.45, 2.75) is 10.6 Å². The summed E-state index contributed by atoms with van der Waals surface area (Å²) in [5.74, 6) is 0.917. The number of hydrogen-bond donors (Lipinski definition) is 1. The van der Waals surface area contributed by atoms with Crippen LogP contribution in [-0.4, -0.2) is 24.1 Å². The number of hydrogen-bond acceptors (Lipinski definition) is 4. The highest BCUT2D eigenvalue weighted by Gasteiger charge is 2.03. The summed E-state index contributed by atoms with van der Waals surface area (Å²) in [4.78, 5) is 12.9. The summed E-state index contributed by atoms with van der Waals surface area (Å²) in [5, 5.41) is 4.70. The van der Waals surface area contributed by atoms with Crippen molar-refractivity contribution in [2.75, 3.05) is 12.0 Å². The second-order valence-corrected chi connectivity index (χ2v) is 6.92. The number of hydrazone groups is 1. The Hall–Kier alpha value is -1.43. The number of thioether (sulfide) groups is 2. The third kappa shape index (κ3) is 6.29. The van der Waals surface area contributed by atoms with Crippen LogP contribution in [0.15, 0.2) is 58.5 Å². The van der Waals surface area contributed by atoms with Gasteiger partial charge < -0.3 is 0 Å². The number of halogens is 1. The number of carbonyl (C=O) groups is 1. The Labute approximate surface area is 149 Å². The molecule has 0 aromatic heterocycles. The predicted molar refractivity (Wildman–Crippen MR) is 102 cm³/mol. The van der Waals surface area contributed by atoms with Crippen LogP contribution in [0.2, 0.25) is 5.02 Å². The van der Waals surface area contributed by atoms with Crippen molar-refractivity contribution in [2.24, 2.45) is 5.10 Å². The van der Waals surface area contributed by atoms with E-state index in [9.17, 15) is 4.79 Å². The fourth-order valence-electron chi connectivity index (χ4n) is 1.77. The molecule has 0 aliphatic rings.